The number of benzene rings is 1. The van der Waals surface area contributed by atoms with E-state index in [2.05, 4.69) is 34.4 Å². The number of alkyl halides is 3. The van der Waals surface area contributed by atoms with Crippen molar-refractivity contribution in [3.05, 3.63) is 34.9 Å². The van der Waals surface area contributed by atoms with Gasteiger partial charge in [-0.2, -0.15) is 0 Å². The van der Waals surface area contributed by atoms with Gasteiger partial charge in [-0.25, -0.2) is 18.8 Å². The molecule has 26 heavy (non-hydrogen) atoms. The quantitative estimate of drug-likeness (QED) is 0.565. The molecule has 2 unspecified atom stereocenters. The van der Waals surface area contributed by atoms with Gasteiger partial charge < -0.3 is 10.1 Å². The highest BCUT2D eigenvalue weighted by molar-refractivity contribution is 8.03. The summed E-state index contributed by atoms with van der Waals surface area (Å²) in [7, 11) is 1.63. The predicted molar refractivity (Wildman–Crippen MR) is 103 cm³/mol. The van der Waals surface area contributed by atoms with Crippen LogP contribution in [0.1, 0.15) is 38.2 Å². The number of allylic oxidation sites excluding steroid dienone is 1. The number of aliphatic imine (C=N–C) groups is 2. The van der Waals surface area contributed by atoms with E-state index < -0.39 is 11.5 Å². The second kappa shape index (κ2) is 7.56. The molecule has 2 atom stereocenters. The van der Waals surface area contributed by atoms with Gasteiger partial charge in [0.15, 0.2) is 0 Å². The molecular formula is C18H20ClF2N3OS. The molecule has 0 aliphatic carbocycles. The van der Waals surface area contributed by atoms with E-state index in [0.29, 0.717) is 11.8 Å². The molecule has 8 heteroatoms. The normalized spacial score (nSPS) is 23.2. The lowest BCUT2D eigenvalue weighted by atomic mass is 9.98. The minimum atomic E-state index is -3.02. The van der Waals surface area contributed by atoms with Crippen LogP contribution in [0.25, 0.3) is 0 Å². The molecule has 3 rings (SSSR count). The molecule has 0 saturated carbocycles. The van der Waals surface area contributed by atoms with E-state index in [-0.39, 0.29) is 12.1 Å². The lowest BCUT2D eigenvalue weighted by molar-refractivity contribution is 0.0983. The van der Waals surface area contributed by atoms with E-state index in [9.17, 15) is 8.78 Å². The number of hydrogen-bond donors (Lipinski definition) is 1. The maximum Gasteiger partial charge on any atom is 0.283 e. The molecule has 2 aliphatic rings. The van der Waals surface area contributed by atoms with Crippen LogP contribution >= 0.6 is 23.4 Å². The van der Waals surface area contributed by atoms with Crippen LogP contribution in [-0.2, 0) is 0 Å². The highest BCUT2D eigenvalue weighted by atomic mass is 35.5. The van der Waals surface area contributed by atoms with Gasteiger partial charge in [-0.15, -0.1) is 0 Å². The van der Waals surface area contributed by atoms with Crippen LogP contribution < -0.4 is 10.1 Å². The third-order valence-corrected chi connectivity index (χ3v) is 5.52. The van der Waals surface area contributed by atoms with Crippen molar-refractivity contribution in [2.75, 3.05) is 7.11 Å². The summed E-state index contributed by atoms with van der Waals surface area (Å²) in [5.74, 6) is -1.50. The first-order valence-electron chi connectivity index (χ1n) is 8.25. The van der Waals surface area contributed by atoms with Crippen LogP contribution in [0.15, 0.2) is 44.2 Å². The number of thioether (sulfide) groups is 1. The summed E-state index contributed by atoms with van der Waals surface area (Å²) < 4.78 is 32.6. The molecule has 1 aromatic rings. The molecule has 0 radical (unpaired) electrons. The number of halogens is 3. The molecular weight excluding hydrogens is 380 g/mol. The van der Waals surface area contributed by atoms with Gasteiger partial charge in [-0.05, 0) is 30.0 Å². The first-order valence-corrected chi connectivity index (χ1v) is 9.50. The number of fused-ring (bicyclic) bond motifs is 1. The van der Waals surface area contributed by atoms with Crippen LogP contribution in [0, 0.1) is 0 Å². The lowest BCUT2D eigenvalue weighted by Crippen LogP contribution is -2.36. The number of nitrogens with zero attached hydrogens (tertiary/aromatic N) is 2. The van der Waals surface area contributed by atoms with E-state index in [4.69, 9.17) is 16.3 Å². The van der Waals surface area contributed by atoms with Gasteiger partial charge in [-0.1, -0.05) is 42.4 Å². The molecule has 0 amide bonds. The Hall–Kier alpha value is -1.60. The van der Waals surface area contributed by atoms with Gasteiger partial charge in [0.2, 0.25) is 5.62 Å². The zero-order chi connectivity index (χ0) is 18.9. The molecule has 0 fully saturated rings. The predicted octanol–water partition coefficient (Wildman–Crippen LogP) is 5.15. The zero-order valence-electron chi connectivity index (χ0n) is 14.7. The average Bonchev–Trinajstić information content (AvgIpc) is 2.72. The monoisotopic (exact) mass is 399 g/mol. The Morgan fingerprint density at radius 1 is 1.35 bits per heavy atom. The SMILES string of the molecule is COc1ccc2c(c1)SC(NC1=NC(Cl)N=C(C(C)(F)F)C1)=CCC2C. The number of hydrogen-bond acceptors (Lipinski definition) is 5. The van der Waals surface area contributed by atoms with Gasteiger partial charge in [0.25, 0.3) is 5.92 Å². The summed E-state index contributed by atoms with van der Waals surface area (Å²) >= 11 is 7.45. The first kappa shape index (κ1) is 19.2. The van der Waals surface area contributed by atoms with Crippen molar-refractivity contribution >= 4 is 34.9 Å². The Balaban J connectivity index is 1.80. The van der Waals surface area contributed by atoms with Crippen LogP contribution in [-0.4, -0.2) is 30.2 Å². The summed E-state index contributed by atoms with van der Waals surface area (Å²) in [5.41, 5.74) is -0.0635. The molecule has 2 aliphatic heterocycles. The van der Waals surface area contributed by atoms with Crippen LogP contribution in [0.3, 0.4) is 0 Å². The first-order chi connectivity index (χ1) is 12.3. The molecule has 0 bridgehead atoms. The van der Waals surface area contributed by atoms with Gasteiger partial charge in [0.1, 0.15) is 11.6 Å². The summed E-state index contributed by atoms with van der Waals surface area (Å²) in [6.07, 6.45) is 2.84. The van der Waals surface area contributed by atoms with Crippen molar-refractivity contribution in [2.45, 2.75) is 49.0 Å². The number of rotatable bonds is 3. The van der Waals surface area contributed by atoms with Gasteiger partial charge in [-0.3, -0.25) is 0 Å². The highest BCUT2D eigenvalue weighted by Crippen LogP contribution is 2.40. The van der Waals surface area contributed by atoms with E-state index in [1.807, 2.05) is 12.1 Å². The highest BCUT2D eigenvalue weighted by Gasteiger charge is 2.33. The zero-order valence-corrected chi connectivity index (χ0v) is 16.3. The van der Waals surface area contributed by atoms with Crippen LogP contribution in [0.5, 0.6) is 5.75 Å². The number of methoxy groups -OCH3 is 1. The Bertz CT molecular complexity index is 789. The van der Waals surface area contributed by atoms with Crippen molar-refractivity contribution in [1.82, 2.24) is 5.32 Å². The largest absolute Gasteiger partial charge is 0.497 e. The molecule has 2 heterocycles. The van der Waals surface area contributed by atoms with Gasteiger partial charge in [0, 0.05) is 18.2 Å². The summed E-state index contributed by atoms with van der Waals surface area (Å²) in [6, 6.07) is 6.00. The standard InChI is InChI=1S/C18H20ClF2N3OS/c1-10-4-7-16(26-13-8-11(25-3)5-6-12(10)13)23-15-9-14(18(2,20)21)22-17(19)24-15/h5-8,10,17H,4,9H2,1-3H3,(H,23,24). The van der Waals surface area contributed by atoms with Crippen LogP contribution in [0.2, 0.25) is 0 Å². The molecule has 4 nitrogen and oxygen atoms in total. The lowest BCUT2D eigenvalue weighted by Gasteiger charge is -2.22. The summed E-state index contributed by atoms with van der Waals surface area (Å²) in [6.45, 7) is 2.98. The number of ether oxygens (including phenoxy) is 1. The fraction of sp³-hybridized carbons (Fsp3) is 0.444. The second-order valence-electron chi connectivity index (χ2n) is 6.36. The third kappa shape index (κ3) is 4.38. The fourth-order valence-electron chi connectivity index (χ4n) is 2.81. The smallest absolute Gasteiger partial charge is 0.283 e. The van der Waals surface area contributed by atoms with Gasteiger partial charge in [0.05, 0.1) is 17.9 Å². The summed E-state index contributed by atoms with van der Waals surface area (Å²) in [4.78, 5) is 8.97. The van der Waals surface area contributed by atoms with E-state index in [1.165, 1.54) is 17.3 Å². The van der Waals surface area contributed by atoms with Crippen molar-refractivity contribution < 1.29 is 13.5 Å². The second-order valence-corrected chi connectivity index (χ2v) is 7.84. The Morgan fingerprint density at radius 2 is 2.12 bits per heavy atom. The molecule has 1 N–H and O–H groups in total. The molecule has 1 aromatic carbocycles. The minimum Gasteiger partial charge on any atom is -0.497 e. The molecule has 0 spiro atoms. The average molecular weight is 400 g/mol. The molecule has 0 saturated heterocycles. The topological polar surface area (TPSA) is 46.0 Å². The van der Waals surface area contributed by atoms with Gasteiger partial charge >= 0.3 is 0 Å². The number of nitrogens with one attached hydrogen (secondary N) is 1. The Kier molecular flexibility index (Phi) is 5.58. The maximum atomic E-state index is 13.6. The van der Waals surface area contributed by atoms with E-state index in [1.54, 1.807) is 7.11 Å². The van der Waals surface area contributed by atoms with Crippen molar-refractivity contribution in [3.63, 3.8) is 0 Å². The Labute approximate surface area is 160 Å². The maximum absolute atomic E-state index is 13.6. The van der Waals surface area contributed by atoms with E-state index >= 15 is 0 Å². The number of amidine groups is 1. The minimum absolute atomic E-state index is 0.0505. The van der Waals surface area contributed by atoms with Crippen molar-refractivity contribution in [1.29, 1.82) is 0 Å². The van der Waals surface area contributed by atoms with Crippen molar-refractivity contribution in [2.24, 2.45) is 9.98 Å². The van der Waals surface area contributed by atoms with E-state index in [0.717, 1.165) is 29.0 Å². The van der Waals surface area contributed by atoms with Crippen LogP contribution in [0.4, 0.5) is 8.78 Å². The van der Waals surface area contributed by atoms with Crippen molar-refractivity contribution in [3.8, 4) is 5.75 Å². The Morgan fingerprint density at radius 3 is 2.81 bits per heavy atom. The third-order valence-electron chi connectivity index (χ3n) is 4.26. The molecule has 140 valence electrons. The summed E-state index contributed by atoms with van der Waals surface area (Å²) in [5, 5.41) is 4.00. The molecule has 0 aromatic heterocycles. The fourth-order valence-corrected chi connectivity index (χ4v) is 4.19.